The Morgan fingerprint density at radius 2 is 2.03 bits per heavy atom. The van der Waals surface area contributed by atoms with E-state index in [1.54, 1.807) is 0 Å². The number of hydrogen-bond donors (Lipinski definition) is 0. The lowest BCUT2D eigenvalue weighted by atomic mass is 9.96. The van der Waals surface area contributed by atoms with Gasteiger partial charge in [-0.25, -0.2) is 4.98 Å². The van der Waals surface area contributed by atoms with Crippen molar-refractivity contribution in [2.24, 2.45) is 0 Å². The first kappa shape index (κ1) is 19.9. The minimum Gasteiger partial charge on any atom is -0.454 e. The van der Waals surface area contributed by atoms with Crippen LogP contribution < -0.4 is 9.47 Å². The highest BCUT2D eigenvalue weighted by molar-refractivity contribution is 5.77. The van der Waals surface area contributed by atoms with Crippen molar-refractivity contribution in [3.63, 3.8) is 0 Å². The van der Waals surface area contributed by atoms with Gasteiger partial charge in [-0.05, 0) is 55.5 Å². The smallest absolute Gasteiger partial charge is 0.231 e. The molecule has 0 radical (unpaired) electrons. The van der Waals surface area contributed by atoms with E-state index in [4.69, 9.17) is 14.5 Å². The molecule has 3 heterocycles. The van der Waals surface area contributed by atoms with Gasteiger partial charge in [0.05, 0.1) is 11.0 Å². The van der Waals surface area contributed by atoms with Crippen LogP contribution in [0.5, 0.6) is 11.5 Å². The maximum absolute atomic E-state index is 13.0. The number of piperidine rings is 1. The predicted molar refractivity (Wildman–Crippen MR) is 119 cm³/mol. The molecule has 3 aromatic rings. The molecule has 0 aliphatic carbocycles. The number of nitrogens with zero attached hydrogens (tertiary/aromatic N) is 3. The first-order chi connectivity index (χ1) is 15.2. The van der Waals surface area contributed by atoms with Crippen molar-refractivity contribution in [1.29, 1.82) is 0 Å². The number of aryl methyl sites for hydroxylation is 2. The summed E-state index contributed by atoms with van der Waals surface area (Å²) in [5.74, 6) is 3.21. The normalized spacial score (nSPS) is 18.0. The minimum atomic E-state index is 0.223. The third-order valence-electron chi connectivity index (χ3n) is 6.34. The number of aromatic nitrogens is 2. The Bertz CT molecular complexity index is 1090. The van der Waals surface area contributed by atoms with E-state index < -0.39 is 0 Å². The van der Waals surface area contributed by atoms with Gasteiger partial charge in [0.2, 0.25) is 12.7 Å². The fourth-order valence-electron chi connectivity index (χ4n) is 4.78. The van der Waals surface area contributed by atoms with Gasteiger partial charge in [0.1, 0.15) is 5.82 Å². The maximum atomic E-state index is 13.0. The number of ether oxygens (including phenoxy) is 2. The van der Waals surface area contributed by atoms with Crippen LogP contribution in [0.25, 0.3) is 11.0 Å². The zero-order valence-electron chi connectivity index (χ0n) is 18.0. The van der Waals surface area contributed by atoms with Crippen LogP contribution in [0.4, 0.5) is 0 Å². The minimum absolute atomic E-state index is 0.223. The quantitative estimate of drug-likeness (QED) is 0.590. The molecule has 0 saturated carbocycles. The standard InChI is InChI=1S/C25H29N3O3/c1-2-13-28-21-8-4-3-7-20(21)26-25(28)19-6-5-14-27(16-19)24(29)12-10-18-9-11-22-23(15-18)31-17-30-22/h3-4,7-9,11,15,19H,2,5-6,10,12-14,16-17H2,1H3. The van der Waals surface area contributed by atoms with E-state index in [9.17, 15) is 4.79 Å². The molecule has 6 heteroatoms. The average Bonchev–Trinajstić information content (AvgIpc) is 3.42. The van der Waals surface area contributed by atoms with E-state index in [1.165, 1.54) is 5.52 Å². The summed E-state index contributed by atoms with van der Waals surface area (Å²) in [5, 5.41) is 0. The molecule has 6 nitrogen and oxygen atoms in total. The highest BCUT2D eigenvalue weighted by Crippen LogP contribution is 2.33. The molecule has 2 aromatic carbocycles. The monoisotopic (exact) mass is 419 g/mol. The lowest BCUT2D eigenvalue weighted by molar-refractivity contribution is -0.132. The van der Waals surface area contributed by atoms with Gasteiger partial charge < -0.3 is 18.9 Å². The van der Waals surface area contributed by atoms with Gasteiger partial charge in [-0.2, -0.15) is 0 Å². The molecule has 1 unspecified atom stereocenters. The van der Waals surface area contributed by atoms with Crippen LogP contribution in [0.1, 0.15) is 49.9 Å². The molecule has 162 valence electrons. The SMILES string of the molecule is CCCn1c(C2CCCN(C(=O)CCc3ccc4c(c3)OCO4)C2)nc2ccccc21. The average molecular weight is 420 g/mol. The summed E-state index contributed by atoms with van der Waals surface area (Å²) in [6, 6.07) is 14.3. The number of carbonyl (C=O) groups is 1. The van der Waals surface area contributed by atoms with Crippen molar-refractivity contribution in [3.05, 3.63) is 53.9 Å². The molecule has 2 aliphatic rings. The van der Waals surface area contributed by atoms with Crippen LogP contribution >= 0.6 is 0 Å². The van der Waals surface area contributed by atoms with Crippen molar-refractivity contribution in [1.82, 2.24) is 14.5 Å². The van der Waals surface area contributed by atoms with Gasteiger partial charge in [-0.3, -0.25) is 4.79 Å². The molecular weight excluding hydrogens is 390 g/mol. The number of carbonyl (C=O) groups excluding carboxylic acids is 1. The van der Waals surface area contributed by atoms with Crippen LogP contribution in [0.2, 0.25) is 0 Å². The van der Waals surface area contributed by atoms with E-state index in [-0.39, 0.29) is 12.7 Å². The maximum Gasteiger partial charge on any atom is 0.231 e. The Balaban J connectivity index is 1.27. The van der Waals surface area contributed by atoms with E-state index in [0.29, 0.717) is 18.8 Å². The van der Waals surface area contributed by atoms with Crippen LogP contribution in [0.15, 0.2) is 42.5 Å². The molecule has 1 atom stereocenters. The summed E-state index contributed by atoms with van der Waals surface area (Å²) >= 11 is 0. The first-order valence-electron chi connectivity index (χ1n) is 11.3. The topological polar surface area (TPSA) is 56.6 Å². The molecule has 2 aliphatic heterocycles. The zero-order chi connectivity index (χ0) is 21.2. The van der Waals surface area contributed by atoms with Crippen LogP contribution in [-0.4, -0.2) is 40.2 Å². The van der Waals surface area contributed by atoms with Gasteiger partial charge >= 0.3 is 0 Å². The van der Waals surface area contributed by atoms with Gasteiger partial charge in [-0.15, -0.1) is 0 Å². The summed E-state index contributed by atoms with van der Waals surface area (Å²) in [4.78, 5) is 20.0. The molecule has 1 amide bonds. The molecule has 1 saturated heterocycles. The number of imidazole rings is 1. The largest absolute Gasteiger partial charge is 0.454 e. The van der Waals surface area contributed by atoms with Gasteiger partial charge in [0.25, 0.3) is 0 Å². The molecule has 0 spiro atoms. The molecule has 31 heavy (non-hydrogen) atoms. The molecule has 1 aromatic heterocycles. The Morgan fingerprint density at radius 3 is 2.94 bits per heavy atom. The fraction of sp³-hybridized carbons (Fsp3) is 0.440. The van der Waals surface area contributed by atoms with Crippen LogP contribution in [-0.2, 0) is 17.8 Å². The van der Waals surface area contributed by atoms with E-state index in [2.05, 4.69) is 29.7 Å². The van der Waals surface area contributed by atoms with Gasteiger partial charge in [-0.1, -0.05) is 25.1 Å². The number of likely N-dealkylation sites (tertiary alicyclic amines) is 1. The lowest BCUT2D eigenvalue weighted by Gasteiger charge is -2.33. The molecule has 0 bridgehead atoms. The summed E-state index contributed by atoms with van der Waals surface area (Å²) in [6.45, 7) is 5.03. The number of hydrogen-bond acceptors (Lipinski definition) is 4. The highest BCUT2D eigenvalue weighted by atomic mass is 16.7. The van der Waals surface area contributed by atoms with Gasteiger partial charge in [0, 0.05) is 32.0 Å². The van der Waals surface area contributed by atoms with Crippen molar-refractivity contribution in [2.45, 2.75) is 51.5 Å². The second-order valence-electron chi connectivity index (χ2n) is 8.48. The van der Waals surface area contributed by atoms with E-state index in [1.807, 2.05) is 29.2 Å². The molecule has 0 N–H and O–H groups in total. The second-order valence-corrected chi connectivity index (χ2v) is 8.48. The van der Waals surface area contributed by atoms with Crippen LogP contribution in [0, 0.1) is 0 Å². The van der Waals surface area contributed by atoms with Crippen molar-refractivity contribution in [3.8, 4) is 11.5 Å². The Hall–Kier alpha value is -3.02. The zero-order valence-corrected chi connectivity index (χ0v) is 18.0. The van der Waals surface area contributed by atoms with Crippen molar-refractivity contribution in [2.75, 3.05) is 19.9 Å². The Morgan fingerprint density at radius 1 is 1.16 bits per heavy atom. The summed E-state index contributed by atoms with van der Waals surface area (Å²) in [7, 11) is 0. The van der Waals surface area contributed by atoms with Gasteiger partial charge in [0.15, 0.2) is 11.5 Å². The number of amides is 1. The molecular formula is C25H29N3O3. The fourth-order valence-corrected chi connectivity index (χ4v) is 4.78. The summed E-state index contributed by atoms with van der Waals surface area (Å²) in [5.41, 5.74) is 3.36. The summed E-state index contributed by atoms with van der Waals surface area (Å²) in [6.07, 6.45) is 4.40. The predicted octanol–water partition coefficient (Wildman–Crippen LogP) is 4.51. The second kappa shape index (κ2) is 8.61. The highest BCUT2D eigenvalue weighted by Gasteiger charge is 2.28. The number of fused-ring (bicyclic) bond motifs is 2. The number of para-hydroxylation sites is 2. The van der Waals surface area contributed by atoms with E-state index in [0.717, 1.165) is 67.3 Å². The third-order valence-corrected chi connectivity index (χ3v) is 6.34. The molecule has 1 fully saturated rings. The lowest BCUT2D eigenvalue weighted by Crippen LogP contribution is -2.39. The van der Waals surface area contributed by atoms with E-state index >= 15 is 0 Å². The van der Waals surface area contributed by atoms with Crippen molar-refractivity contribution < 1.29 is 14.3 Å². The Labute approximate surface area is 182 Å². The number of rotatable bonds is 6. The summed E-state index contributed by atoms with van der Waals surface area (Å²) < 4.78 is 13.2. The Kier molecular flexibility index (Phi) is 5.53. The third kappa shape index (κ3) is 3.99. The van der Waals surface area contributed by atoms with Crippen LogP contribution in [0.3, 0.4) is 0 Å². The van der Waals surface area contributed by atoms with Crippen molar-refractivity contribution >= 4 is 16.9 Å². The number of benzene rings is 2. The molecule has 5 rings (SSSR count). The first-order valence-corrected chi connectivity index (χ1v) is 11.3.